The van der Waals surface area contributed by atoms with Crippen LogP contribution in [0.1, 0.15) is 0 Å². The molecule has 0 amide bonds. The Bertz CT molecular complexity index is 3150. The fraction of sp³-hybridized carbons (Fsp3) is 0. The average Bonchev–Trinajstić information content (AvgIpc) is 3.62. The van der Waals surface area contributed by atoms with Gasteiger partial charge in [0.15, 0.2) is 0 Å². The molecule has 0 aliphatic carbocycles. The van der Waals surface area contributed by atoms with Crippen LogP contribution in [-0.2, 0) is 0 Å². The summed E-state index contributed by atoms with van der Waals surface area (Å²) in [6.45, 7) is 0. The summed E-state index contributed by atoms with van der Waals surface area (Å²) >= 11 is 0. The Morgan fingerprint density at radius 2 is 0.774 bits per heavy atom. The normalized spacial score (nSPS) is 11.8. The van der Waals surface area contributed by atoms with E-state index in [4.69, 9.17) is 4.42 Å². The second-order valence-corrected chi connectivity index (χ2v) is 14.0. The molecule has 1 heterocycles. The van der Waals surface area contributed by atoms with Crippen molar-refractivity contribution in [2.75, 3.05) is 0 Å². The summed E-state index contributed by atoms with van der Waals surface area (Å²) in [5.74, 6) is 0. The second-order valence-electron chi connectivity index (χ2n) is 14.0. The summed E-state index contributed by atoms with van der Waals surface area (Å²) in [6.07, 6.45) is 0. The summed E-state index contributed by atoms with van der Waals surface area (Å²) in [5, 5.41) is 12.0. The Kier molecular flexibility index (Phi) is 6.62. The molecule has 11 aromatic rings. The molecule has 0 aliphatic rings. The maximum atomic E-state index is 6.88. The van der Waals surface area contributed by atoms with Gasteiger partial charge in [0, 0.05) is 16.2 Å². The molecule has 246 valence electrons. The van der Waals surface area contributed by atoms with Gasteiger partial charge in [0.1, 0.15) is 11.2 Å². The molecule has 0 radical (unpaired) electrons. The zero-order valence-electron chi connectivity index (χ0n) is 28.9. The third-order valence-electron chi connectivity index (χ3n) is 11.0. The Labute approximate surface area is 307 Å². The lowest BCUT2D eigenvalue weighted by Crippen LogP contribution is -1.92. The fourth-order valence-electron chi connectivity index (χ4n) is 8.56. The molecule has 0 N–H and O–H groups in total. The molecule has 0 unspecified atom stereocenters. The predicted octanol–water partition coefficient (Wildman–Crippen LogP) is 14.9. The van der Waals surface area contributed by atoms with Crippen LogP contribution in [0, 0.1) is 0 Å². The number of fused-ring (bicyclic) bond motifs is 8. The first-order valence-corrected chi connectivity index (χ1v) is 18.3. The summed E-state index contributed by atoms with van der Waals surface area (Å²) < 4.78 is 6.88. The minimum Gasteiger partial charge on any atom is -0.455 e. The van der Waals surface area contributed by atoms with Gasteiger partial charge in [-0.1, -0.05) is 164 Å². The molecule has 0 bridgehead atoms. The van der Waals surface area contributed by atoms with Gasteiger partial charge in [-0.25, -0.2) is 0 Å². The molecule has 0 atom stereocenters. The first-order chi connectivity index (χ1) is 26.3. The van der Waals surface area contributed by atoms with E-state index in [1.165, 1.54) is 76.6 Å². The largest absolute Gasteiger partial charge is 0.455 e. The van der Waals surface area contributed by atoms with Crippen LogP contribution in [0.15, 0.2) is 199 Å². The lowest BCUT2D eigenvalue weighted by molar-refractivity contribution is 0.673. The third-order valence-corrected chi connectivity index (χ3v) is 11.0. The van der Waals surface area contributed by atoms with Crippen molar-refractivity contribution in [1.82, 2.24) is 0 Å². The molecule has 0 fully saturated rings. The van der Waals surface area contributed by atoms with Gasteiger partial charge >= 0.3 is 0 Å². The van der Waals surface area contributed by atoms with Crippen molar-refractivity contribution in [3.63, 3.8) is 0 Å². The Morgan fingerprint density at radius 1 is 0.283 bits per heavy atom. The van der Waals surface area contributed by atoms with Crippen LogP contribution in [0.3, 0.4) is 0 Å². The van der Waals surface area contributed by atoms with Gasteiger partial charge in [0.05, 0.1) is 0 Å². The van der Waals surface area contributed by atoms with Crippen molar-refractivity contribution < 1.29 is 4.42 Å². The van der Waals surface area contributed by atoms with Crippen molar-refractivity contribution in [2.45, 2.75) is 0 Å². The van der Waals surface area contributed by atoms with Gasteiger partial charge in [0.2, 0.25) is 0 Å². The lowest BCUT2D eigenvalue weighted by atomic mass is 9.84. The first-order valence-electron chi connectivity index (χ1n) is 18.3. The van der Waals surface area contributed by atoms with Gasteiger partial charge in [-0.05, 0) is 113 Å². The van der Waals surface area contributed by atoms with Gasteiger partial charge in [-0.15, -0.1) is 0 Å². The topological polar surface area (TPSA) is 13.1 Å². The number of rotatable bonds is 4. The number of hydrogen-bond acceptors (Lipinski definition) is 1. The molecule has 0 saturated carbocycles. The van der Waals surface area contributed by atoms with Crippen LogP contribution >= 0.6 is 0 Å². The molecule has 0 spiro atoms. The summed E-state index contributed by atoms with van der Waals surface area (Å²) in [6, 6.07) is 70.4. The summed E-state index contributed by atoms with van der Waals surface area (Å²) in [5.41, 5.74) is 11.5. The van der Waals surface area contributed by atoms with E-state index in [0.717, 1.165) is 32.9 Å². The number of benzene rings is 10. The number of furan rings is 1. The maximum Gasteiger partial charge on any atom is 0.143 e. The van der Waals surface area contributed by atoms with Crippen LogP contribution in [0.5, 0.6) is 0 Å². The SMILES string of the molecule is c1ccc(-c2ccc3cc(-c4c5ccccc5c(-c5cc6ccccc6c6oc7cc(-c8ccccc8)ccc7c56)c5ccccc45)ccc3c2)cc1. The summed E-state index contributed by atoms with van der Waals surface area (Å²) in [4.78, 5) is 0. The number of hydrogen-bond donors (Lipinski definition) is 0. The smallest absolute Gasteiger partial charge is 0.143 e. The highest BCUT2D eigenvalue weighted by Gasteiger charge is 2.22. The van der Waals surface area contributed by atoms with Crippen LogP contribution in [0.4, 0.5) is 0 Å². The average molecular weight is 673 g/mol. The summed E-state index contributed by atoms with van der Waals surface area (Å²) in [7, 11) is 0. The Morgan fingerprint density at radius 3 is 1.42 bits per heavy atom. The van der Waals surface area contributed by atoms with Crippen molar-refractivity contribution in [3.8, 4) is 44.5 Å². The molecule has 1 heteroatoms. The molecule has 0 aliphatic heterocycles. The lowest BCUT2D eigenvalue weighted by Gasteiger charge is -2.19. The van der Waals surface area contributed by atoms with E-state index < -0.39 is 0 Å². The van der Waals surface area contributed by atoms with Crippen molar-refractivity contribution in [1.29, 1.82) is 0 Å². The molecular weight excluding hydrogens is 641 g/mol. The molecule has 11 rings (SSSR count). The van der Waals surface area contributed by atoms with Crippen molar-refractivity contribution in [3.05, 3.63) is 194 Å². The molecule has 53 heavy (non-hydrogen) atoms. The second kappa shape index (κ2) is 11.8. The van der Waals surface area contributed by atoms with E-state index in [2.05, 4.69) is 194 Å². The molecular formula is C52H32O. The van der Waals surface area contributed by atoms with Crippen LogP contribution in [-0.4, -0.2) is 0 Å². The highest BCUT2D eigenvalue weighted by atomic mass is 16.3. The van der Waals surface area contributed by atoms with E-state index in [1.54, 1.807) is 0 Å². The molecule has 1 aromatic heterocycles. The molecule has 0 saturated heterocycles. The van der Waals surface area contributed by atoms with E-state index in [1.807, 2.05) is 0 Å². The Hall–Kier alpha value is -6.96. The monoisotopic (exact) mass is 672 g/mol. The maximum absolute atomic E-state index is 6.88. The zero-order chi connectivity index (χ0) is 34.9. The van der Waals surface area contributed by atoms with Crippen molar-refractivity contribution in [2.24, 2.45) is 0 Å². The minimum absolute atomic E-state index is 0.899. The third kappa shape index (κ3) is 4.71. The van der Waals surface area contributed by atoms with Gasteiger partial charge < -0.3 is 4.42 Å². The van der Waals surface area contributed by atoms with E-state index in [9.17, 15) is 0 Å². The van der Waals surface area contributed by atoms with E-state index in [-0.39, 0.29) is 0 Å². The predicted molar refractivity (Wildman–Crippen MR) is 225 cm³/mol. The van der Waals surface area contributed by atoms with Gasteiger partial charge in [-0.2, -0.15) is 0 Å². The Balaban J connectivity index is 1.19. The highest BCUT2D eigenvalue weighted by Crippen LogP contribution is 2.49. The van der Waals surface area contributed by atoms with E-state index >= 15 is 0 Å². The van der Waals surface area contributed by atoms with Crippen LogP contribution in [0.25, 0.3) is 110 Å². The highest BCUT2D eigenvalue weighted by molar-refractivity contribution is 6.29. The quantitative estimate of drug-likeness (QED) is 0.170. The first kappa shape index (κ1) is 29.7. The van der Waals surface area contributed by atoms with Gasteiger partial charge in [-0.3, -0.25) is 0 Å². The zero-order valence-corrected chi connectivity index (χ0v) is 28.9. The standard InChI is InChI=1S/C52H32O/c1-3-13-33(14-4-1)35-23-24-37-30-40(26-25-36(37)29-35)49-42-19-9-11-21-44(42)50(45-22-12-10-20-43(45)49)47-31-39-17-7-8-18-41(39)52-51(47)46-28-27-38(32-48(46)53-52)34-15-5-2-6-16-34/h1-32H. The van der Waals surface area contributed by atoms with Crippen LogP contribution < -0.4 is 0 Å². The minimum atomic E-state index is 0.899. The van der Waals surface area contributed by atoms with Gasteiger partial charge in [0.25, 0.3) is 0 Å². The fourth-order valence-corrected chi connectivity index (χ4v) is 8.56. The molecule has 1 nitrogen and oxygen atoms in total. The molecule has 10 aromatic carbocycles. The van der Waals surface area contributed by atoms with Crippen LogP contribution in [0.2, 0.25) is 0 Å². The van der Waals surface area contributed by atoms with E-state index in [0.29, 0.717) is 0 Å². The van der Waals surface area contributed by atoms with Crippen molar-refractivity contribution >= 4 is 65.0 Å².